The molecule has 0 amide bonds. The van der Waals surface area contributed by atoms with Gasteiger partial charge in [0.25, 0.3) is 0 Å². The van der Waals surface area contributed by atoms with Crippen molar-refractivity contribution in [1.29, 1.82) is 0 Å². The average Bonchev–Trinajstić information content (AvgIpc) is 2.63. The Morgan fingerprint density at radius 1 is 1.14 bits per heavy atom. The summed E-state index contributed by atoms with van der Waals surface area (Å²) in [5.41, 5.74) is 5.86. The van der Waals surface area contributed by atoms with Crippen LogP contribution in [0.5, 0.6) is 0 Å². The molecule has 2 atom stereocenters. The minimum absolute atomic E-state index is 0.429. The van der Waals surface area contributed by atoms with Gasteiger partial charge in [-0.3, -0.25) is 0 Å². The molecule has 0 spiro atoms. The molecule has 2 rings (SSSR count). The molecular formula is C11H21NO2. The van der Waals surface area contributed by atoms with Crippen molar-refractivity contribution in [3.8, 4) is 0 Å². The molecule has 1 aliphatic carbocycles. The molecule has 82 valence electrons. The monoisotopic (exact) mass is 199 g/mol. The molecule has 2 N–H and O–H groups in total. The molecule has 1 saturated carbocycles. The SMILES string of the molecule is NC1CCC(COC2CCOCC2)C1. The highest BCUT2D eigenvalue weighted by atomic mass is 16.5. The zero-order chi connectivity index (χ0) is 9.80. The van der Waals surface area contributed by atoms with Crippen LogP contribution in [0.2, 0.25) is 0 Å². The molecule has 1 aliphatic heterocycles. The zero-order valence-electron chi connectivity index (χ0n) is 8.78. The predicted molar refractivity (Wildman–Crippen MR) is 55.1 cm³/mol. The molecule has 3 nitrogen and oxygen atoms in total. The summed E-state index contributed by atoms with van der Waals surface area (Å²) in [6, 6.07) is 0.429. The highest BCUT2D eigenvalue weighted by Gasteiger charge is 2.23. The highest BCUT2D eigenvalue weighted by Crippen LogP contribution is 2.25. The zero-order valence-corrected chi connectivity index (χ0v) is 8.78. The molecule has 0 aromatic heterocycles. The Kier molecular flexibility index (Phi) is 3.79. The molecule has 1 saturated heterocycles. The summed E-state index contributed by atoms with van der Waals surface area (Å²) in [5, 5.41) is 0. The second-order valence-electron chi connectivity index (χ2n) is 4.58. The smallest absolute Gasteiger partial charge is 0.0619 e. The highest BCUT2D eigenvalue weighted by molar-refractivity contribution is 4.77. The van der Waals surface area contributed by atoms with Gasteiger partial charge < -0.3 is 15.2 Å². The van der Waals surface area contributed by atoms with Crippen molar-refractivity contribution in [2.45, 2.75) is 44.2 Å². The van der Waals surface area contributed by atoms with Gasteiger partial charge in [0.2, 0.25) is 0 Å². The van der Waals surface area contributed by atoms with Gasteiger partial charge in [0, 0.05) is 25.9 Å². The van der Waals surface area contributed by atoms with E-state index in [4.69, 9.17) is 15.2 Å². The van der Waals surface area contributed by atoms with Gasteiger partial charge in [-0.25, -0.2) is 0 Å². The van der Waals surface area contributed by atoms with E-state index >= 15 is 0 Å². The third-order valence-electron chi connectivity index (χ3n) is 3.32. The minimum Gasteiger partial charge on any atom is -0.381 e. The fourth-order valence-corrected chi connectivity index (χ4v) is 2.38. The Balaban J connectivity index is 1.61. The number of ether oxygens (including phenoxy) is 2. The fraction of sp³-hybridized carbons (Fsp3) is 1.00. The normalized spacial score (nSPS) is 34.9. The topological polar surface area (TPSA) is 44.5 Å². The third kappa shape index (κ3) is 2.94. The van der Waals surface area contributed by atoms with Crippen LogP contribution in [0.4, 0.5) is 0 Å². The van der Waals surface area contributed by atoms with Gasteiger partial charge in [-0.15, -0.1) is 0 Å². The Hall–Kier alpha value is -0.120. The summed E-state index contributed by atoms with van der Waals surface area (Å²) in [6.07, 6.45) is 6.17. The molecule has 0 radical (unpaired) electrons. The van der Waals surface area contributed by atoms with E-state index in [0.29, 0.717) is 18.1 Å². The van der Waals surface area contributed by atoms with Crippen LogP contribution in [-0.2, 0) is 9.47 Å². The molecule has 14 heavy (non-hydrogen) atoms. The molecule has 2 fully saturated rings. The van der Waals surface area contributed by atoms with Crippen molar-refractivity contribution in [1.82, 2.24) is 0 Å². The largest absolute Gasteiger partial charge is 0.381 e. The summed E-state index contributed by atoms with van der Waals surface area (Å²) in [5.74, 6) is 0.716. The lowest BCUT2D eigenvalue weighted by molar-refractivity contribution is -0.0422. The first-order valence-electron chi connectivity index (χ1n) is 5.79. The van der Waals surface area contributed by atoms with Crippen LogP contribution in [0.25, 0.3) is 0 Å². The molecule has 3 heteroatoms. The predicted octanol–water partition coefficient (Wildman–Crippen LogP) is 1.31. The molecular weight excluding hydrogens is 178 g/mol. The molecule has 0 bridgehead atoms. The van der Waals surface area contributed by atoms with Crippen molar-refractivity contribution < 1.29 is 9.47 Å². The van der Waals surface area contributed by atoms with E-state index in [1.165, 1.54) is 12.8 Å². The van der Waals surface area contributed by atoms with Gasteiger partial charge >= 0.3 is 0 Å². The van der Waals surface area contributed by atoms with Crippen LogP contribution >= 0.6 is 0 Å². The molecule has 0 aromatic carbocycles. The summed E-state index contributed by atoms with van der Waals surface area (Å²) in [4.78, 5) is 0. The van der Waals surface area contributed by atoms with E-state index in [0.717, 1.165) is 39.1 Å². The van der Waals surface area contributed by atoms with Crippen LogP contribution < -0.4 is 5.73 Å². The van der Waals surface area contributed by atoms with E-state index in [2.05, 4.69) is 0 Å². The number of hydrogen-bond acceptors (Lipinski definition) is 3. The summed E-state index contributed by atoms with van der Waals surface area (Å²) >= 11 is 0. The number of rotatable bonds is 3. The Morgan fingerprint density at radius 3 is 2.57 bits per heavy atom. The van der Waals surface area contributed by atoms with Gasteiger partial charge in [0.05, 0.1) is 6.10 Å². The van der Waals surface area contributed by atoms with E-state index in [-0.39, 0.29) is 0 Å². The van der Waals surface area contributed by atoms with Crippen LogP contribution in [0.3, 0.4) is 0 Å². The lowest BCUT2D eigenvalue weighted by Gasteiger charge is -2.23. The second-order valence-corrected chi connectivity index (χ2v) is 4.58. The number of hydrogen-bond donors (Lipinski definition) is 1. The van der Waals surface area contributed by atoms with Gasteiger partial charge in [-0.1, -0.05) is 0 Å². The van der Waals surface area contributed by atoms with Crippen molar-refractivity contribution in [2.75, 3.05) is 19.8 Å². The molecule has 1 heterocycles. The maximum Gasteiger partial charge on any atom is 0.0619 e. The maximum absolute atomic E-state index is 5.88. The fourth-order valence-electron chi connectivity index (χ4n) is 2.38. The van der Waals surface area contributed by atoms with Gasteiger partial charge in [-0.05, 0) is 38.0 Å². The van der Waals surface area contributed by atoms with Crippen molar-refractivity contribution in [3.63, 3.8) is 0 Å². The van der Waals surface area contributed by atoms with E-state index in [9.17, 15) is 0 Å². The lowest BCUT2D eigenvalue weighted by atomic mass is 10.1. The van der Waals surface area contributed by atoms with Crippen LogP contribution in [-0.4, -0.2) is 32.0 Å². The summed E-state index contributed by atoms with van der Waals surface area (Å²) < 4.78 is 11.2. The first-order chi connectivity index (χ1) is 6.84. The first-order valence-corrected chi connectivity index (χ1v) is 5.79. The second kappa shape index (κ2) is 5.10. The van der Waals surface area contributed by atoms with Gasteiger partial charge in [0.15, 0.2) is 0 Å². The third-order valence-corrected chi connectivity index (χ3v) is 3.32. The van der Waals surface area contributed by atoms with Crippen molar-refractivity contribution in [3.05, 3.63) is 0 Å². The van der Waals surface area contributed by atoms with Crippen LogP contribution in [0.1, 0.15) is 32.1 Å². The Labute approximate surface area is 85.9 Å². The van der Waals surface area contributed by atoms with Crippen molar-refractivity contribution >= 4 is 0 Å². The quantitative estimate of drug-likeness (QED) is 0.745. The maximum atomic E-state index is 5.88. The van der Waals surface area contributed by atoms with Gasteiger partial charge in [0.1, 0.15) is 0 Å². The van der Waals surface area contributed by atoms with Gasteiger partial charge in [-0.2, -0.15) is 0 Å². The Morgan fingerprint density at radius 2 is 1.93 bits per heavy atom. The van der Waals surface area contributed by atoms with Crippen LogP contribution in [0.15, 0.2) is 0 Å². The van der Waals surface area contributed by atoms with Crippen molar-refractivity contribution in [2.24, 2.45) is 11.7 Å². The molecule has 0 aromatic rings. The summed E-state index contributed by atoms with van der Waals surface area (Å²) in [6.45, 7) is 2.65. The van der Waals surface area contributed by atoms with E-state index < -0.39 is 0 Å². The minimum atomic E-state index is 0.429. The van der Waals surface area contributed by atoms with Crippen LogP contribution in [0, 0.1) is 5.92 Å². The average molecular weight is 199 g/mol. The molecule has 2 aliphatic rings. The molecule has 2 unspecified atom stereocenters. The van der Waals surface area contributed by atoms with E-state index in [1.54, 1.807) is 0 Å². The lowest BCUT2D eigenvalue weighted by Crippen LogP contribution is -2.25. The summed E-state index contributed by atoms with van der Waals surface area (Å²) in [7, 11) is 0. The first kappa shape index (κ1) is 10.4. The van der Waals surface area contributed by atoms with E-state index in [1.807, 2.05) is 0 Å². The number of nitrogens with two attached hydrogens (primary N) is 1. The standard InChI is InChI=1S/C11H21NO2/c12-10-2-1-9(7-10)8-14-11-3-5-13-6-4-11/h9-11H,1-8,12H2. The Bertz CT molecular complexity index is 164.